The molecule has 0 saturated carbocycles. The number of rotatable bonds is 5. The SMILES string of the molecule is O=C(NNC(=O)C1CC(=O)N(c2ccccc2)C1)c1ccc(S(=O)(=O)N2CCCC2)cc1. The van der Waals surface area contributed by atoms with Crippen LogP contribution in [0.2, 0.25) is 0 Å². The Labute approximate surface area is 186 Å². The monoisotopic (exact) mass is 456 g/mol. The molecular weight excluding hydrogens is 432 g/mol. The first-order chi connectivity index (χ1) is 15.4. The molecule has 32 heavy (non-hydrogen) atoms. The smallest absolute Gasteiger partial charge is 0.269 e. The van der Waals surface area contributed by atoms with Gasteiger partial charge >= 0.3 is 0 Å². The molecule has 2 aliphatic rings. The van der Waals surface area contributed by atoms with Crippen molar-refractivity contribution in [2.24, 2.45) is 5.92 Å². The third-order valence-corrected chi connectivity index (χ3v) is 7.60. The molecule has 0 radical (unpaired) electrons. The number of sulfonamides is 1. The van der Waals surface area contributed by atoms with E-state index in [0.717, 1.165) is 18.5 Å². The zero-order chi connectivity index (χ0) is 22.7. The lowest BCUT2D eigenvalue weighted by Crippen LogP contribution is -2.45. The third-order valence-electron chi connectivity index (χ3n) is 5.68. The number of carbonyl (C=O) groups excluding carboxylic acids is 3. The van der Waals surface area contributed by atoms with Crippen LogP contribution >= 0.6 is 0 Å². The Morgan fingerprint density at radius 1 is 0.906 bits per heavy atom. The Kier molecular flexibility index (Phi) is 6.24. The fraction of sp³-hybridized carbons (Fsp3) is 0.318. The molecule has 9 nitrogen and oxygen atoms in total. The fourth-order valence-corrected chi connectivity index (χ4v) is 5.41. The van der Waals surface area contributed by atoms with Crippen LogP contribution in [0, 0.1) is 5.92 Å². The zero-order valence-electron chi connectivity index (χ0n) is 17.4. The van der Waals surface area contributed by atoms with Crippen molar-refractivity contribution in [3.05, 3.63) is 60.2 Å². The van der Waals surface area contributed by atoms with E-state index in [1.54, 1.807) is 17.0 Å². The van der Waals surface area contributed by atoms with E-state index in [2.05, 4.69) is 10.9 Å². The highest BCUT2D eigenvalue weighted by molar-refractivity contribution is 7.89. The van der Waals surface area contributed by atoms with Crippen molar-refractivity contribution in [3.63, 3.8) is 0 Å². The van der Waals surface area contributed by atoms with E-state index >= 15 is 0 Å². The van der Waals surface area contributed by atoms with Gasteiger partial charge in [0.15, 0.2) is 0 Å². The van der Waals surface area contributed by atoms with E-state index in [-0.39, 0.29) is 29.3 Å². The molecule has 2 aromatic rings. The van der Waals surface area contributed by atoms with Crippen molar-refractivity contribution in [1.29, 1.82) is 0 Å². The summed E-state index contributed by atoms with van der Waals surface area (Å²) in [4.78, 5) is 38.8. The average molecular weight is 457 g/mol. The van der Waals surface area contributed by atoms with Crippen molar-refractivity contribution in [2.45, 2.75) is 24.2 Å². The number of nitrogens with one attached hydrogen (secondary N) is 2. The maximum absolute atomic E-state index is 12.6. The molecule has 2 fully saturated rings. The number of nitrogens with zero attached hydrogens (tertiary/aromatic N) is 2. The third kappa shape index (κ3) is 4.51. The van der Waals surface area contributed by atoms with E-state index in [1.807, 2.05) is 18.2 Å². The molecule has 0 aliphatic carbocycles. The van der Waals surface area contributed by atoms with Crippen molar-refractivity contribution < 1.29 is 22.8 Å². The quantitative estimate of drug-likeness (QED) is 0.658. The van der Waals surface area contributed by atoms with E-state index in [4.69, 9.17) is 0 Å². The van der Waals surface area contributed by atoms with E-state index in [0.29, 0.717) is 13.1 Å². The molecule has 1 atom stereocenters. The Bertz CT molecular complexity index is 1110. The summed E-state index contributed by atoms with van der Waals surface area (Å²) >= 11 is 0. The lowest BCUT2D eigenvalue weighted by molar-refractivity contribution is -0.126. The number of anilines is 1. The first-order valence-corrected chi connectivity index (χ1v) is 11.9. The van der Waals surface area contributed by atoms with Crippen LogP contribution in [-0.4, -0.2) is 50.1 Å². The molecule has 2 heterocycles. The molecule has 2 aliphatic heterocycles. The molecular formula is C22H24N4O5S. The summed E-state index contributed by atoms with van der Waals surface area (Å²) < 4.78 is 26.6. The van der Waals surface area contributed by atoms with E-state index in [9.17, 15) is 22.8 Å². The lowest BCUT2D eigenvalue weighted by atomic mass is 10.1. The number of para-hydroxylation sites is 1. The van der Waals surface area contributed by atoms with Gasteiger partial charge in [-0.2, -0.15) is 4.31 Å². The average Bonchev–Trinajstić information content (AvgIpc) is 3.48. The Hall–Kier alpha value is -3.24. The molecule has 0 spiro atoms. The van der Waals surface area contributed by atoms with Crippen molar-refractivity contribution in [2.75, 3.05) is 24.5 Å². The van der Waals surface area contributed by atoms with E-state index in [1.165, 1.54) is 28.6 Å². The molecule has 1 unspecified atom stereocenters. The van der Waals surface area contributed by atoms with Gasteiger partial charge in [-0.25, -0.2) is 8.42 Å². The first-order valence-electron chi connectivity index (χ1n) is 10.4. The van der Waals surface area contributed by atoms with Crippen LogP contribution in [0.5, 0.6) is 0 Å². The van der Waals surface area contributed by atoms with Gasteiger partial charge in [-0.15, -0.1) is 0 Å². The standard InChI is InChI=1S/C22H24N4O5S/c27-20-14-17(15-26(20)18-6-2-1-3-7-18)22(29)24-23-21(28)16-8-10-19(11-9-16)32(30,31)25-12-4-5-13-25/h1-3,6-11,17H,4-5,12-15H2,(H,23,28)(H,24,29). The zero-order valence-corrected chi connectivity index (χ0v) is 18.2. The number of hydrogen-bond acceptors (Lipinski definition) is 5. The van der Waals surface area contributed by atoms with Crippen molar-refractivity contribution in [1.82, 2.24) is 15.2 Å². The molecule has 2 N–H and O–H groups in total. The predicted molar refractivity (Wildman–Crippen MR) is 117 cm³/mol. The van der Waals surface area contributed by atoms with Crippen molar-refractivity contribution in [3.8, 4) is 0 Å². The van der Waals surface area contributed by atoms with Gasteiger partial charge in [0.2, 0.25) is 21.8 Å². The Balaban J connectivity index is 1.33. The molecule has 3 amide bonds. The van der Waals surface area contributed by atoms with Gasteiger partial charge in [0.25, 0.3) is 5.91 Å². The number of amides is 3. The van der Waals surface area contributed by atoms with Gasteiger partial charge in [-0.05, 0) is 49.2 Å². The van der Waals surface area contributed by atoms with Gasteiger partial charge in [-0.1, -0.05) is 18.2 Å². The van der Waals surface area contributed by atoms with Crippen molar-refractivity contribution >= 4 is 33.4 Å². The summed E-state index contributed by atoms with van der Waals surface area (Å²) in [5.41, 5.74) is 5.62. The van der Waals surface area contributed by atoms with E-state index < -0.39 is 27.8 Å². The minimum Gasteiger partial charge on any atom is -0.312 e. The maximum atomic E-state index is 12.6. The maximum Gasteiger partial charge on any atom is 0.269 e. The first kappa shape index (κ1) is 22.0. The highest BCUT2D eigenvalue weighted by Gasteiger charge is 2.35. The summed E-state index contributed by atoms with van der Waals surface area (Å²) in [5, 5.41) is 0. The van der Waals surface area contributed by atoms with Crippen LogP contribution in [0.15, 0.2) is 59.5 Å². The molecule has 2 aromatic carbocycles. The molecule has 0 bridgehead atoms. The fourth-order valence-electron chi connectivity index (χ4n) is 3.89. The second-order valence-corrected chi connectivity index (χ2v) is 9.76. The summed E-state index contributed by atoms with van der Waals surface area (Å²) in [5.74, 6) is -1.78. The molecule has 4 rings (SSSR count). The van der Waals surface area contributed by atoms with Gasteiger partial charge in [0, 0.05) is 37.3 Å². The topological polar surface area (TPSA) is 116 Å². The minimum atomic E-state index is -3.56. The van der Waals surface area contributed by atoms with Crippen LogP contribution in [0.1, 0.15) is 29.6 Å². The van der Waals surface area contributed by atoms with Crippen LogP contribution in [0.4, 0.5) is 5.69 Å². The van der Waals surface area contributed by atoms with Gasteiger partial charge < -0.3 is 4.90 Å². The van der Waals surface area contributed by atoms with Crippen LogP contribution in [0.3, 0.4) is 0 Å². The van der Waals surface area contributed by atoms with Crippen LogP contribution in [0.25, 0.3) is 0 Å². The van der Waals surface area contributed by atoms with Crippen LogP contribution in [-0.2, 0) is 19.6 Å². The highest BCUT2D eigenvalue weighted by Crippen LogP contribution is 2.25. The second kappa shape index (κ2) is 9.09. The Morgan fingerprint density at radius 2 is 1.56 bits per heavy atom. The summed E-state index contributed by atoms with van der Waals surface area (Å²) in [6.45, 7) is 1.23. The summed E-state index contributed by atoms with van der Waals surface area (Å²) in [7, 11) is -3.56. The minimum absolute atomic E-state index is 0.0552. The lowest BCUT2D eigenvalue weighted by Gasteiger charge is -2.17. The number of benzene rings is 2. The van der Waals surface area contributed by atoms with Crippen LogP contribution < -0.4 is 15.8 Å². The number of hydrazine groups is 1. The van der Waals surface area contributed by atoms with Gasteiger partial charge in [0.05, 0.1) is 10.8 Å². The number of hydrogen-bond donors (Lipinski definition) is 2. The predicted octanol–water partition coefficient (Wildman–Crippen LogP) is 1.29. The Morgan fingerprint density at radius 3 is 2.22 bits per heavy atom. The summed E-state index contributed by atoms with van der Waals surface area (Å²) in [6, 6.07) is 14.7. The molecule has 10 heteroatoms. The largest absolute Gasteiger partial charge is 0.312 e. The molecule has 0 aromatic heterocycles. The normalized spacial score (nSPS) is 19.2. The number of carbonyl (C=O) groups is 3. The second-order valence-electron chi connectivity index (χ2n) is 7.82. The molecule has 2 saturated heterocycles. The summed E-state index contributed by atoms with van der Waals surface area (Å²) in [6.07, 6.45) is 1.74. The molecule has 168 valence electrons. The van der Waals surface area contributed by atoms with Gasteiger partial charge in [-0.3, -0.25) is 25.2 Å². The van der Waals surface area contributed by atoms with Gasteiger partial charge in [0.1, 0.15) is 0 Å². The highest BCUT2D eigenvalue weighted by atomic mass is 32.2.